The number of alkyl carbamates (subject to hydrolysis) is 1. The Morgan fingerprint density at radius 3 is 2.49 bits per heavy atom. The zero-order chi connectivity index (χ0) is 24.6. The number of nitrogens with one attached hydrogen (secondary N) is 1. The SMILES string of the molecule is CCCc1ccc(-c2cc3c(cc2OCC)[C@H](NC(=O)O[C@@H]2CN4CCC2CC4)C(C)(C)C3)cc1. The average Bonchev–Trinajstić information content (AvgIpc) is 3.09. The van der Waals surface area contributed by atoms with Crippen LogP contribution in [-0.2, 0) is 17.6 Å². The lowest BCUT2D eigenvalue weighted by Gasteiger charge is -2.44. The summed E-state index contributed by atoms with van der Waals surface area (Å²) in [7, 11) is 0. The molecule has 2 aromatic rings. The first-order valence-electron chi connectivity index (χ1n) is 13.5. The van der Waals surface area contributed by atoms with Gasteiger partial charge in [0.25, 0.3) is 0 Å². The molecule has 3 aliphatic heterocycles. The van der Waals surface area contributed by atoms with Crippen molar-refractivity contribution in [3.63, 3.8) is 0 Å². The number of piperidine rings is 3. The molecule has 1 amide bonds. The molecule has 5 nitrogen and oxygen atoms in total. The molecule has 3 fully saturated rings. The Morgan fingerprint density at radius 1 is 1.11 bits per heavy atom. The summed E-state index contributed by atoms with van der Waals surface area (Å²) in [6, 6.07) is 13.2. The summed E-state index contributed by atoms with van der Waals surface area (Å²) in [5.74, 6) is 1.38. The topological polar surface area (TPSA) is 50.8 Å². The lowest BCUT2D eigenvalue weighted by atomic mass is 9.85. The summed E-state index contributed by atoms with van der Waals surface area (Å²) in [6.45, 7) is 12.4. The Balaban J connectivity index is 1.39. The Labute approximate surface area is 210 Å². The molecule has 2 atom stereocenters. The molecule has 5 heteroatoms. The summed E-state index contributed by atoms with van der Waals surface area (Å²) < 4.78 is 12.1. The third kappa shape index (κ3) is 4.93. The molecule has 4 aliphatic rings. The minimum Gasteiger partial charge on any atom is -0.493 e. The molecule has 3 saturated heterocycles. The standard InChI is InChI=1S/C30H40N2O3/c1-5-7-20-8-10-21(11-9-20)24-16-23-18-30(3,4)28(25(23)17-26(24)34-6-2)31-29(33)35-27-19-32-14-12-22(27)13-15-32/h8-11,16-17,22,27-28H,5-7,12-15,18-19H2,1-4H3,(H,31,33)/t27-,28+/m1/s1. The number of hydrogen-bond acceptors (Lipinski definition) is 4. The Kier molecular flexibility index (Phi) is 6.80. The first kappa shape index (κ1) is 24.2. The predicted molar refractivity (Wildman–Crippen MR) is 140 cm³/mol. The van der Waals surface area contributed by atoms with E-state index in [2.05, 4.69) is 67.4 Å². The van der Waals surface area contributed by atoms with Crippen LogP contribution in [0.4, 0.5) is 4.79 Å². The van der Waals surface area contributed by atoms with Crippen molar-refractivity contribution in [2.45, 2.75) is 71.9 Å². The number of hydrogen-bond donors (Lipinski definition) is 1. The Hall–Kier alpha value is -2.53. The van der Waals surface area contributed by atoms with Crippen LogP contribution < -0.4 is 10.1 Å². The van der Waals surface area contributed by atoms with Gasteiger partial charge in [0.15, 0.2) is 0 Å². The van der Waals surface area contributed by atoms with Gasteiger partial charge in [-0.3, -0.25) is 4.90 Å². The number of nitrogens with zero attached hydrogens (tertiary/aromatic N) is 1. The number of fused-ring (bicyclic) bond motifs is 4. The van der Waals surface area contributed by atoms with E-state index in [1.807, 2.05) is 6.92 Å². The zero-order valence-electron chi connectivity index (χ0n) is 21.7. The number of rotatable bonds is 7. The molecule has 1 N–H and O–H groups in total. The molecule has 0 aromatic heterocycles. The fourth-order valence-corrected chi connectivity index (χ4v) is 6.32. The molecule has 3 heterocycles. The number of amides is 1. The van der Waals surface area contributed by atoms with Crippen molar-refractivity contribution in [3.05, 3.63) is 53.1 Å². The van der Waals surface area contributed by atoms with Gasteiger partial charge in [-0.2, -0.15) is 0 Å². The fourth-order valence-electron chi connectivity index (χ4n) is 6.32. The van der Waals surface area contributed by atoms with Crippen molar-refractivity contribution in [1.29, 1.82) is 0 Å². The summed E-state index contributed by atoms with van der Waals surface area (Å²) in [5, 5.41) is 3.25. The molecule has 188 valence electrons. The largest absolute Gasteiger partial charge is 0.493 e. The van der Waals surface area contributed by atoms with Gasteiger partial charge < -0.3 is 14.8 Å². The zero-order valence-corrected chi connectivity index (χ0v) is 21.7. The van der Waals surface area contributed by atoms with Gasteiger partial charge in [0.2, 0.25) is 0 Å². The lowest BCUT2D eigenvalue weighted by molar-refractivity contribution is -0.0349. The van der Waals surface area contributed by atoms with E-state index in [4.69, 9.17) is 9.47 Å². The molecule has 1 aliphatic carbocycles. The minimum atomic E-state index is -0.289. The molecule has 2 bridgehead atoms. The molecule has 0 unspecified atom stereocenters. The second-order valence-electron chi connectivity index (χ2n) is 11.3. The molecule has 0 radical (unpaired) electrons. The van der Waals surface area contributed by atoms with Crippen LogP contribution in [0.15, 0.2) is 36.4 Å². The van der Waals surface area contributed by atoms with E-state index in [0.29, 0.717) is 12.5 Å². The Bertz CT molecular complexity index is 1050. The number of benzene rings is 2. The molecular weight excluding hydrogens is 436 g/mol. The maximum absolute atomic E-state index is 13.0. The van der Waals surface area contributed by atoms with Crippen LogP contribution in [0, 0.1) is 11.3 Å². The highest BCUT2D eigenvalue weighted by Crippen LogP contribution is 2.48. The minimum absolute atomic E-state index is 0.0125. The van der Waals surface area contributed by atoms with Crippen LogP contribution >= 0.6 is 0 Å². The third-order valence-corrected chi connectivity index (χ3v) is 8.20. The van der Waals surface area contributed by atoms with Crippen LogP contribution in [0.3, 0.4) is 0 Å². The van der Waals surface area contributed by atoms with Crippen molar-refractivity contribution >= 4 is 6.09 Å². The van der Waals surface area contributed by atoms with Gasteiger partial charge in [-0.05, 0) is 91.4 Å². The number of aryl methyl sites for hydroxylation is 1. The summed E-state index contributed by atoms with van der Waals surface area (Å²) >= 11 is 0. The second-order valence-corrected chi connectivity index (χ2v) is 11.3. The highest BCUT2D eigenvalue weighted by molar-refractivity contribution is 5.74. The van der Waals surface area contributed by atoms with Crippen LogP contribution in [0.2, 0.25) is 0 Å². The van der Waals surface area contributed by atoms with E-state index in [1.54, 1.807) is 0 Å². The number of ether oxygens (including phenoxy) is 2. The van der Waals surface area contributed by atoms with Gasteiger partial charge >= 0.3 is 6.09 Å². The average molecular weight is 477 g/mol. The molecular formula is C30H40N2O3. The summed E-state index contributed by atoms with van der Waals surface area (Å²) in [5.41, 5.74) is 5.98. The van der Waals surface area contributed by atoms with Crippen molar-refractivity contribution in [2.75, 3.05) is 26.2 Å². The fraction of sp³-hybridized carbons (Fsp3) is 0.567. The third-order valence-electron chi connectivity index (χ3n) is 8.20. The van der Waals surface area contributed by atoms with Gasteiger partial charge in [-0.1, -0.05) is 51.5 Å². The van der Waals surface area contributed by atoms with Crippen molar-refractivity contribution in [3.8, 4) is 16.9 Å². The van der Waals surface area contributed by atoms with Crippen LogP contribution in [0.1, 0.15) is 69.7 Å². The van der Waals surface area contributed by atoms with E-state index >= 15 is 0 Å². The summed E-state index contributed by atoms with van der Waals surface area (Å²) in [4.78, 5) is 15.5. The van der Waals surface area contributed by atoms with E-state index in [9.17, 15) is 4.79 Å². The maximum Gasteiger partial charge on any atom is 0.407 e. The quantitative estimate of drug-likeness (QED) is 0.521. The second kappa shape index (κ2) is 9.85. The van der Waals surface area contributed by atoms with Gasteiger partial charge in [-0.25, -0.2) is 4.79 Å². The van der Waals surface area contributed by atoms with Crippen molar-refractivity contribution in [2.24, 2.45) is 11.3 Å². The van der Waals surface area contributed by atoms with Gasteiger partial charge in [-0.15, -0.1) is 0 Å². The number of carbonyl (C=O) groups is 1. The van der Waals surface area contributed by atoms with E-state index in [0.717, 1.165) is 68.6 Å². The van der Waals surface area contributed by atoms with Crippen LogP contribution in [0.5, 0.6) is 5.75 Å². The first-order valence-corrected chi connectivity index (χ1v) is 13.5. The summed E-state index contributed by atoms with van der Waals surface area (Å²) in [6.07, 6.45) is 5.14. The van der Waals surface area contributed by atoms with E-state index in [1.165, 1.54) is 16.7 Å². The van der Waals surface area contributed by atoms with Gasteiger partial charge in [0.05, 0.1) is 12.6 Å². The molecule has 0 saturated carbocycles. The van der Waals surface area contributed by atoms with Crippen LogP contribution in [0.25, 0.3) is 11.1 Å². The first-order chi connectivity index (χ1) is 16.9. The van der Waals surface area contributed by atoms with Gasteiger partial charge in [0.1, 0.15) is 11.9 Å². The normalized spacial score (nSPS) is 26.3. The number of carbonyl (C=O) groups excluding carboxylic acids is 1. The van der Waals surface area contributed by atoms with E-state index in [-0.39, 0.29) is 23.7 Å². The highest BCUT2D eigenvalue weighted by atomic mass is 16.6. The molecule has 2 aromatic carbocycles. The lowest BCUT2D eigenvalue weighted by Crippen LogP contribution is -2.53. The maximum atomic E-state index is 13.0. The smallest absolute Gasteiger partial charge is 0.407 e. The molecule has 35 heavy (non-hydrogen) atoms. The van der Waals surface area contributed by atoms with E-state index < -0.39 is 0 Å². The molecule has 0 spiro atoms. The molecule has 6 rings (SSSR count). The van der Waals surface area contributed by atoms with Crippen LogP contribution in [-0.4, -0.2) is 43.3 Å². The monoisotopic (exact) mass is 476 g/mol. The Morgan fingerprint density at radius 2 is 1.86 bits per heavy atom. The highest BCUT2D eigenvalue weighted by Gasteiger charge is 2.42. The van der Waals surface area contributed by atoms with Gasteiger partial charge in [0, 0.05) is 12.1 Å². The van der Waals surface area contributed by atoms with Crippen molar-refractivity contribution < 1.29 is 14.3 Å². The predicted octanol–water partition coefficient (Wildman–Crippen LogP) is 6.15. The van der Waals surface area contributed by atoms with Crippen molar-refractivity contribution in [1.82, 2.24) is 10.2 Å².